The maximum absolute atomic E-state index is 13.1. The summed E-state index contributed by atoms with van der Waals surface area (Å²) in [6.07, 6.45) is 1.05. The predicted molar refractivity (Wildman–Crippen MR) is 82.2 cm³/mol. The zero-order valence-electron chi connectivity index (χ0n) is 12.9. The largest absolute Gasteiger partial charge is 0.467 e. The number of rotatable bonds is 3. The third-order valence-electron chi connectivity index (χ3n) is 3.89. The van der Waals surface area contributed by atoms with Gasteiger partial charge in [-0.05, 0) is 30.7 Å². The molecule has 1 aliphatic heterocycles. The number of furan rings is 1. The van der Waals surface area contributed by atoms with Crippen molar-refractivity contribution in [1.29, 1.82) is 0 Å². The molecule has 2 unspecified atom stereocenters. The molecule has 2 heterocycles. The number of benzene rings is 1. The Hall–Kier alpha value is -2.18. The molecule has 3 rings (SSSR count). The molecule has 2 aromatic rings. The van der Waals surface area contributed by atoms with Gasteiger partial charge < -0.3 is 19.8 Å². The van der Waals surface area contributed by atoms with Crippen molar-refractivity contribution in [2.45, 2.75) is 25.7 Å². The number of carbonyl (C=O) groups excluding carboxylic acids is 1. The first-order valence-electron chi connectivity index (χ1n) is 7.54. The molecule has 1 amide bonds. The summed E-state index contributed by atoms with van der Waals surface area (Å²) >= 11 is 0. The molecular weight excluding hydrogens is 299 g/mol. The van der Waals surface area contributed by atoms with Gasteiger partial charge in [-0.15, -0.1) is 0 Å². The Bertz CT molecular complexity index is 683. The highest BCUT2D eigenvalue weighted by molar-refractivity contribution is 5.94. The van der Waals surface area contributed by atoms with Crippen molar-refractivity contribution < 1.29 is 18.3 Å². The number of morpholine rings is 1. The van der Waals surface area contributed by atoms with Crippen LogP contribution in [0, 0.1) is 5.82 Å². The van der Waals surface area contributed by atoms with E-state index in [1.54, 1.807) is 23.1 Å². The van der Waals surface area contributed by atoms with Gasteiger partial charge in [0.15, 0.2) is 0 Å². The third kappa shape index (κ3) is 3.43. The van der Waals surface area contributed by atoms with E-state index in [1.165, 1.54) is 18.4 Å². The maximum atomic E-state index is 13.1. The lowest BCUT2D eigenvalue weighted by atomic mass is 10.1. The monoisotopic (exact) mass is 318 g/mol. The van der Waals surface area contributed by atoms with Gasteiger partial charge in [-0.2, -0.15) is 0 Å². The average Bonchev–Trinajstić information content (AvgIpc) is 3.03. The van der Waals surface area contributed by atoms with E-state index in [1.807, 2.05) is 6.92 Å². The molecule has 1 fully saturated rings. The molecule has 5 nitrogen and oxygen atoms in total. The van der Waals surface area contributed by atoms with Crippen LogP contribution in [0.2, 0.25) is 0 Å². The molecule has 1 saturated heterocycles. The van der Waals surface area contributed by atoms with E-state index in [9.17, 15) is 9.18 Å². The van der Waals surface area contributed by atoms with E-state index in [0.29, 0.717) is 24.4 Å². The number of nitrogens with zero attached hydrogens (tertiary/aromatic N) is 1. The van der Waals surface area contributed by atoms with Crippen LogP contribution in [-0.4, -0.2) is 30.0 Å². The Morgan fingerprint density at radius 3 is 2.74 bits per heavy atom. The predicted octanol–water partition coefficient (Wildman–Crippen LogP) is 2.48. The Morgan fingerprint density at radius 1 is 1.35 bits per heavy atom. The molecule has 23 heavy (non-hydrogen) atoms. The lowest BCUT2D eigenvalue weighted by Crippen LogP contribution is -2.45. The highest BCUT2D eigenvalue weighted by Crippen LogP contribution is 2.26. The van der Waals surface area contributed by atoms with Crippen LogP contribution in [0.5, 0.6) is 0 Å². The van der Waals surface area contributed by atoms with Crippen LogP contribution >= 0.6 is 0 Å². The van der Waals surface area contributed by atoms with Crippen LogP contribution < -0.4 is 5.73 Å². The second-order valence-electron chi connectivity index (χ2n) is 5.70. The van der Waals surface area contributed by atoms with E-state index in [4.69, 9.17) is 14.9 Å². The smallest absolute Gasteiger partial charge is 0.257 e. The van der Waals surface area contributed by atoms with Gasteiger partial charge in [0.25, 0.3) is 5.91 Å². The minimum atomic E-state index is -0.293. The van der Waals surface area contributed by atoms with Crippen LogP contribution in [0.1, 0.15) is 34.7 Å². The molecule has 1 aromatic carbocycles. The van der Waals surface area contributed by atoms with Crippen molar-refractivity contribution in [3.05, 3.63) is 59.3 Å². The topological polar surface area (TPSA) is 68.7 Å². The molecule has 0 radical (unpaired) electrons. The van der Waals surface area contributed by atoms with Crippen LogP contribution in [0.15, 0.2) is 41.0 Å². The van der Waals surface area contributed by atoms with E-state index >= 15 is 0 Å². The number of halogens is 1. The first-order valence-corrected chi connectivity index (χ1v) is 7.54. The second-order valence-corrected chi connectivity index (χ2v) is 5.70. The molecular formula is C17H19FN2O3. The van der Waals surface area contributed by atoms with E-state index in [0.717, 1.165) is 5.56 Å². The zero-order valence-corrected chi connectivity index (χ0v) is 12.9. The van der Waals surface area contributed by atoms with E-state index in [-0.39, 0.29) is 30.5 Å². The fourth-order valence-electron chi connectivity index (χ4n) is 2.76. The van der Waals surface area contributed by atoms with Gasteiger partial charge in [-0.25, -0.2) is 4.39 Å². The average molecular weight is 318 g/mol. The van der Waals surface area contributed by atoms with E-state index < -0.39 is 0 Å². The molecule has 0 saturated carbocycles. The molecule has 6 heteroatoms. The third-order valence-corrected chi connectivity index (χ3v) is 3.89. The molecule has 1 aromatic heterocycles. The van der Waals surface area contributed by atoms with Gasteiger partial charge in [0.2, 0.25) is 0 Å². The van der Waals surface area contributed by atoms with Crippen molar-refractivity contribution in [2.24, 2.45) is 5.73 Å². The summed E-state index contributed by atoms with van der Waals surface area (Å²) < 4.78 is 24.2. The second kappa shape index (κ2) is 6.52. The fraction of sp³-hybridized carbons (Fsp3) is 0.353. The van der Waals surface area contributed by atoms with Gasteiger partial charge in [0, 0.05) is 6.54 Å². The fourth-order valence-corrected chi connectivity index (χ4v) is 2.76. The molecule has 1 aliphatic rings. The molecule has 122 valence electrons. The summed E-state index contributed by atoms with van der Waals surface area (Å²) in [6.45, 7) is 3.08. The van der Waals surface area contributed by atoms with Crippen LogP contribution in [0.3, 0.4) is 0 Å². The normalized spacial score (nSPS) is 21.4. The lowest BCUT2D eigenvalue weighted by molar-refractivity contribution is -0.0692. The Balaban J connectivity index is 1.77. The van der Waals surface area contributed by atoms with Gasteiger partial charge >= 0.3 is 0 Å². The van der Waals surface area contributed by atoms with Crippen molar-refractivity contribution in [1.82, 2.24) is 4.90 Å². The maximum Gasteiger partial charge on any atom is 0.257 e. The van der Waals surface area contributed by atoms with Gasteiger partial charge in [-0.1, -0.05) is 12.1 Å². The van der Waals surface area contributed by atoms with Crippen LogP contribution in [0.4, 0.5) is 4.39 Å². The number of ether oxygens (including phenoxy) is 1. The number of nitrogens with two attached hydrogens (primary N) is 1. The van der Waals surface area contributed by atoms with Crippen molar-refractivity contribution in [2.75, 3.05) is 13.1 Å². The minimum absolute atomic E-state index is 0.108. The highest BCUT2D eigenvalue weighted by atomic mass is 19.1. The first kappa shape index (κ1) is 15.7. The minimum Gasteiger partial charge on any atom is -0.467 e. The molecule has 0 aliphatic carbocycles. The molecule has 0 bridgehead atoms. The number of carbonyl (C=O) groups is 1. The molecule has 0 spiro atoms. The summed E-state index contributed by atoms with van der Waals surface area (Å²) in [5.74, 6) is 0.165. The molecule has 2 N–H and O–H groups in total. The van der Waals surface area contributed by atoms with Crippen molar-refractivity contribution in [3.8, 4) is 0 Å². The highest BCUT2D eigenvalue weighted by Gasteiger charge is 2.30. The van der Waals surface area contributed by atoms with Gasteiger partial charge in [-0.3, -0.25) is 4.79 Å². The number of amides is 1. The summed E-state index contributed by atoms with van der Waals surface area (Å²) in [5, 5.41) is 0. The first-order chi connectivity index (χ1) is 11.1. The van der Waals surface area contributed by atoms with Crippen molar-refractivity contribution in [3.63, 3.8) is 0 Å². The Morgan fingerprint density at radius 2 is 2.09 bits per heavy atom. The van der Waals surface area contributed by atoms with Crippen LogP contribution in [0.25, 0.3) is 0 Å². The standard InChI is InChI=1S/C17H19FN2O3/c1-11-8-20(17(21)13-6-15(7-19)22-10-13)9-16(23-11)12-2-4-14(18)5-3-12/h2-6,10-11,16H,7-9,19H2,1H3. The number of hydrogen-bond acceptors (Lipinski definition) is 4. The lowest BCUT2D eigenvalue weighted by Gasteiger charge is -2.36. The van der Waals surface area contributed by atoms with Crippen LogP contribution in [-0.2, 0) is 11.3 Å². The zero-order chi connectivity index (χ0) is 16.4. The Labute approximate surface area is 133 Å². The SMILES string of the molecule is CC1CN(C(=O)c2coc(CN)c2)CC(c2ccc(F)cc2)O1. The quantitative estimate of drug-likeness (QED) is 0.944. The summed E-state index contributed by atoms with van der Waals surface area (Å²) in [6, 6.07) is 7.83. The summed E-state index contributed by atoms with van der Waals surface area (Å²) in [7, 11) is 0. The summed E-state index contributed by atoms with van der Waals surface area (Å²) in [4.78, 5) is 14.3. The van der Waals surface area contributed by atoms with Gasteiger partial charge in [0.05, 0.1) is 24.8 Å². The Kier molecular flexibility index (Phi) is 4.45. The molecule has 2 atom stereocenters. The van der Waals surface area contributed by atoms with E-state index in [2.05, 4.69) is 0 Å². The van der Waals surface area contributed by atoms with Crippen molar-refractivity contribution >= 4 is 5.91 Å². The number of hydrogen-bond donors (Lipinski definition) is 1. The summed E-state index contributed by atoms with van der Waals surface area (Å²) in [5.41, 5.74) is 6.84. The van der Waals surface area contributed by atoms with Gasteiger partial charge in [0.1, 0.15) is 23.9 Å².